The molecule has 0 radical (unpaired) electrons. The van der Waals surface area contributed by atoms with Crippen LogP contribution in [0.1, 0.15) is 12.5 Å². The Morgan fingerprint density at radius 3 is 2.52 bits per heavy atom. The van der Waals surface area contributed by atoms with Crippen LogP contribution in [0.2, 0.25) is 0 Å². The van der Waals surface area contributed by atoms with Gasteiger partial charge in [-0.25, -0.2) is 4.98 Å². The largest absolute Gasteiger partial charge is 0.465 e. The van der Waals surface area contributed by atoms with Crippen molar-refractivity contribution in [1.29, 1.82) is 0 Å². The molecule has 0 aliphatic rings. The Balaban J connectivity index is 1.98. The van der Waals surface area contributed by atoms with Crippen molar-refractivity contribution in [1.82, 2.24) is 9.55 Å². The van der Waals surface area contributed by atoms with E-state index in [4.69, 9.17) is 4.74 Å². The van der Waals surface area contributed by atoms with Crippen LogP contribution in [0.4, 0.5) is 0 Å². The molecule has 1 heterocycles. The lowest BCUT2D eigenvalue weighted by atomic mass is 10.1. The summed E-state index contributed by atoms with van der Waals surface area (Å²) >= 11 is 1.39. The van der Waals surface area contributed by atoms with Gasteiger partial charge >= 0.3 is 5.97 Å². The summed E-state index contributed by atoms with van der Waals surface area (Å²) in [6.45, 7) is 4.27. The molecule has 128 valence electrons. The number of esters is 1. The van der Waals surface area contributed by atoms with Gasteiger partial charge in [0.2, 0.25) is 0 Å². The van der Waals surface area contributed by atoms with E-state index in [1.54, 1.807) is 0 Å². The number of hydrogen-bond acceptors (Lipinski definition) is 4. The van der Waals surface area contributed by atoms with Gasteiger partial charge in [0.25, 0.3) is 0 Å². The Bertz CT molecular complexity index is 842. The number of hydrogen-bond donors (Lipinski definition) is 0. The van der Waals surface area contributed by atoms with Crippen LogP contribution in [0.5, 0.6) is 0 Å². The van der Waals surface area contributed by atoms with Crippen LogP contribution >= 0.6 is 11.8 Å². The van der Waals surface area contributed by atoms with Gasteiger partial charge in [-0.2, -0.15) is 0 Å². The first kappa shape index (κ1) is 17.3. The minimum Gasteiger partial charge on any atom is -0.465 e. The minimum absolute atomic E-state index is 0.230. The standard InChI is InChI=1S/C20H20N2O2S/c1-3-24-19(23)14-25-20-21-13-18(16-11-9-15(2)10-12-16)22(20)17-7-5-4-6-8-17/h4-13H,3,14H2,1-2H3. The molecule has 0 unspecified atom stereocenters. The highest BCUT2D eigenvalue weighted by atomic mass is 32.2. The second kappa shape index (κ2) is 8.03. The third-order valence-electron chi connectivity index (χ3n) is 3.72. The zero-order valence-electron chi connectivity index (χ0n) is 14.3. The molecular weight excluding hydrogens is 332 g/mol. The van der Waals surface area contributed by atoms with Gasteiger partial charge in [-0.3, -0.25) is 9.36 Å². The number of imidazole rings is 1. The number of nitrogens with zero attached hydrogens (tertiary/aromatic N) is 2. The van der Waals surface area contributed by atoms with E-state index in [1.165, 1.54) is 17.3 Å². The van der Waals surface area contributed by atoms with E-state index in [-0.39, 0.29) is 11.7 Å². The number of para-hydroxylation sites is 1. The van der Waals surface area contributed by atoms with Crippen LogP contribution in [-0.4, -0.2) is 27.9 Å². The molecule has 0 atom stereocenters. The molecule has 0 aliphatic carbocycles. The van der Waals surface area contributed by atoms with Crippen molar-refractivity contribution < 1.29 is 9.53 Å². The SMILES string of the molecule is CCOC(=O)CSc1ncc(-c2ccc(C)cc2)n1-c1ccccc1. The van der Waals surface area contributed by atoms with Gasteiger partial charge in [-0.15, -0.1) is 0 Å². The number of carbonyl (C=O) groups excluding carboxylic acids is 1. The van der Waals surface area contributed by atoms with E-state index in [2.05, 4.69) is 40.7 Å². The molecule has 1 aromatic heterocycles. The second-order valence-electron chi connectivity index (χ2n) is 5.56. The van der Waals surface area contributed by atoms with Crippen LogP contribution in [0, 0.1) is 6.92 Å². The topological polar surface area (TPSA) is 44.1 Å². The summed E-state index contributed by atoms with van der Waals surface area (Å²) in [6.07, 6.45) is 1.85. The molecule has 0 aliphatic heterocycles. The van der Waals surface area contributed by atoms with Crippen molar-refractivity contribution >= 4 is 17.7 Å². The average Bonchev–Trinajstić information content (AvgIpc) is 3.05. The maximum absolute atomic E-state index is 11.7. The number of rotatable bonds is 6. The van der Waals surface area contributed by atoms with Gasteiger partial charge in [0.05, 0.1) is 24.3 Å². The fourth-order valence-corrected chi connectivity index (χ4v) is 3.31. The first-order chi connectivity index (χ1) is 12.2. The Labute approximate surface area is 151 Å². The van der Waals surface area contributed by atoms with Crippen LogP contribution < -0.4 is 0 Å². The maximum Gasteiger partial charge on any atom is 0.316 e. The molecule has 2 aromatic carbocycles. The lowest BCUT2D eigenvalue weighted by molar-refractivity contribution is -0.139. The summed E-state index contributed by atoms with van der Waals surface area (Å²) in [5.74, 6) is 0.0115. The smallest absolute Gasteiger partial charge is 0.316 e. The van der Waals surface area contributed by atoms with Crippen LogP contribution in [0.25, 0.3) is 16.9 Å². The first-order valence-corrected chi connectivity index (χ1v) is 9.16. The molecule has 25 heavy (non-hydrogen) atoms. The number of aromatic nitrogens is 2. The number of ether oxygens (including phenoxy) is 1. The number of aryl methyl sites for hydroxylation is 1. The molecule has 3 aromatic rings. The fourth-order valence-electron chi connectivity index (χ4n) is 2.52. The van der Waals surface area contributed by atoms with Crippen LogP contribution in [-0.2, 0) is 9.53 Å². The molecule has 0 amide bonds. The van der Waals surface area contributed by atoms with E-state index in [9.17, 15) is 4.79 Å². The molecule has 0 saturated carbocycles. The molecule has 0 N–H and O–H groups in total. The normalized spacial score (nSPS) is 10.6. The van der Waals surface area contributed by atoms with Crippen molar-refractivity contribution in [2.75, 3.05) is 12.4 Å². The van der Waals surface area contributed by atoms with Crippen LogP contribution in [0.3, 0.4) is 0 Å². The minimum atomic E-state index is -0.230. The van der Waals surface area contributed by atoms with Gasteiger partial charge in [-0.05, 0) is 26.0 Å². The van der Waals surface area contributed by atoms with Crippen LogP contribution in [0.15, 0.2) is 66.0 Å². The molecule has 0 fully saturated rings. The van der Waals surface area contributed by atoms with Crippen molar-refractivity contribution in [3.63, 3.8) is 0 Å². The third kappa shape index (κ3) is 4.12. The quantitative estimate of drug-likeness (QED) is 0.484. The Morgan fingerprint density at radius 2 is 1.84 bits per heavy atom. The Kier molecular flexibility index (Phi) is 5.56. The van der Waals surface area contributed by atoms with Gasteiger partial charge in [-0.1, -0.05) is 59.8 Å². The van der Waals surface area contributed by atoms with Crippen molar-refractivity contribution in [3.8, 4) is 16.9 Å². The second-order valence-corrected chi connectivity index (χ2v) is 6.50. The Morgan fingerprint density at radius 1 is 1.12 bits per heavy atom. The van der Waals surface area contributed by atoms with E-state index >= 15 is 0 Å². The molecule has 4 nitrogen and oxygen atoms in total. The number of carbonyl (C=O) groups is 1. The van der Waals surface area contributed by atoms with E-state index in [1.807, 2.05) is 43.5 Å². The average molecular weight is 352 g/mol. The van der Waals surface area contributed by atoms with E-state index in [0.29, 0.717) is 6.61 Å². The van der Waals surface area contributed by atoms with Gasteiger partial charge < -0.3 is 4.74 Å². The van der Waals surface area contributed by atoms with Crippen molar-refractivity contribution in [2.24, 2.45) is 0 Å². The highest BCUT2D eigenvalue weighted by molar-refractivity contribution is 7.99. The zero-order valence-corrected chi connectivity index (χ0v) is 15.1. The van der Waals surface area contributed by atoms with Gasteiger partial charge in [0.15, 0.2) is 5.16 Å². The van der Waals surface area contributed by atoms with Gasteiger partial charge in [0.1, 0.15) is 0 Å². The zero-order chi connectivity index (χ0) is 17.6. The first-order valence-electron chi connectivity index (χ1n) is 8.17. The summed E-state index contributed by atoms with van der Waals surface area (Å²) in [7, 11) is 0. The summed E-state index contributed by atoms with van der Waals surface area (Å²) in [5.41, 5.74) is 4.32. The molecule has 3 rings (SSSR count). The lowest BCUT2D eigenvalue weighted by Gasteiger charge is -2.12. The molecule has 0 bridgehead atoms. The van der Waals surface area contributed by atoms with E-state index < -0.39 is 0 Å². The summed E-state index contributed by atoms with van der Waals surface area (Å²) in [5, 5.41) is 0.773. The maximum atomic E-state index is 11.7. The summed E-state index contributed by atoms with van der Waals surface area (Å²) in [6, 6.07) is 18.4. The van der Waals surface area contributed by atoms with E-state index in [0.717, 1.165) is 22.1 Å². The highest BCUT2D eigenvalue weighted by Crippen LogP contribution is 2.30. The molecule has 5 heteroatoms. The predicted molar refractivity (Wildman–Crippen MR) is 101 cm³/mol. The lowest BCUT2D eigenvalue weighted by Crippen LogP contribution is -2.08. The van der Waals surface area contributed by atoms with Crippen molar-refractivity contribution in [3.05, 3.63) is 66.4 Å². The summed E-state index contributed by atoms with van der Waals surface area (Å²) in [4.78, 5) is 16.2. The predicted octanol–water partition coefficient (Wildman–Crippen LogP) is 4.50. The Hall–Kier alpha value is -2.53. The molecular formula is C20H20N2O2S. The highest BCUT2D eigenvalue weighted by Gasteiger charge is 2.15. The van der Waals surface area contributed by atoms with Crippen molar-refractivity contribution in [2.45, 2.75) is 19.0 Å². The summed E-state index contributed by atoms with van der Waals surface area (Å²) < 4.78 is 7.09. The molecule has 0 saturated heterocycles. The van der Waals surface area contributed by atoms with Gasteiger partial charge in [0, 0.05) is 11.3 Å². The monoisotopic (exact) mass is 352 g/mol. The number of thioether (sulfide) groups is 1. The fraction of sp³-hybridized carbons (Fsp3) is 0.200. The molecule has 0 spiro atoms. The number of benzene rings is 2. The third-order valence-corrected chi connectivity index (χ3v) is 4.64.